The number of ether oxygens (including phenoxy) is 1. The average Bonchev–Trinajstić information content (AvgIpc) is 2.96. The van der Waals surface area contributed by atoms with Crippen LogP contribution in [0.5, 0.6) is 11.5 Å². The summed E-state index contributed by atoms with van der Waals surface area (Å²) in [5, 5.41) is 9.34. The van der Waals surface area contributed by atoms with Crippen LogP contribution >= 0.6 is 11.9 Å². The number of nitrogens with one attached hydrogen (secondary N) is 1. The number of hydrogen-bond acceptors (Lipinski definition) is 8. The Hall–Kier alpha value is -1.70. The van der Waals surface area contributed by atoms with Gasteiger partial charge in [-0.05, 0) is 64.2 Å². The minimum absolute atomic E-state index is 0. The van der Waals surface area contributed by atoms with E-state index in [-0.39, 0.29) is 33.4 Å². The molecule has 1 aliphatic carbocycles. The average molecular weight is 761 g/mol. The van der Waals surface area contributed by atoms with Gasteiger partial charge in [0.1, 0.15) is 17.6 Å². The molecule has 3 fully saturated rings. The second kappa shape index (κ2) is 21.1. The molecule has 1 radical (unpaired) electrons. The number of carbonyl (C=O) groups is 1. The number of rotatable bonds is 6. The molecule has 2 aliphatic heterocycles. The van der Waals surface area contributed by atoms with Crippen molar-refractivity contribution in [2.24, 2.45) is 5.41 Å². The summed E-state index contributed by atoms with van der Waals surface area (Å²) >= 11 is 1.76. The first-order valence-electron chi connectivity index (χ1n) is 14.5. The van der Waals surface area contributed by atoms with Gasteiger partial charge in [0.05, 0.1) is 6.20 Å². The summed E-state index contributed by atoms with van der Waals surface area (Å²) in [5.41, 5.74) is 0.492. The Kier molecular flexibility index (Phi) is 20.2. The molecule has 3 heterocycles. The Bertz CT molecular complexity index is 975. The maximum Gasteiger partial charge on any atom is 0.339 e. The molecule has 2 aromatic rings. The second-order valence-corrected chi connectivity index (χ2v) is 10.6. The summed E-state index contributed by atoms with van der Waals surface area (Å²) < 4.78 is 9.30. The molecule has 233 valence electrons. The van der Waals surface area contributed by atoms with E-state index in [1.165, 1.54) is 57.3 Å². The standard InChI is InChI=1S/C19H22N4O3.C7H15NS.2C2H6.CH3.Re/c1-22-8-6-19(7-9-22)11-23(12-19)17-16(10-20-13-21-17)26-15-5-3-2-4-14(15)18(24)25;1-9-8-7-5-3-2-4-6-7;2*1-2;;/h2-5,10,13H,6-9,11-12H2,1H3,(H,24,25);7-8H,2-6H2,1H3;2*1-2H3;1H3;/q;;;;-1;. The fraction of sp³-hybridized carbons (Fsp3) is 0.613. The van der Waals surface area contributed by atoms with Crippen LogP contribution in [0, 0.1) is 12.8 Å². The van der Waals surface area contributed by atoms with E-state index in [9.17, 15) is 9.90 Å². The van der Waals surface area contributed by atoms with E-state index in [4.69, 9.17) is 4.74 Å². The van der Waals surface area contributed by atoms with E-state index in [1.54, 1.807) is 36.3 Å². The Labute approximate surface area is 267 Å². The van der Waals surface area contributed by atoms with Crippen LogP contribution in [0.4, 0.5) is 5.82 Å². The van der Waals surface area contributed by atoms with Gasteiger partial charge in [0.2, 0.25) is 0 Å². The van der Waals surface area contributed by atoms with Crippen molar-refractivity contribution in [3.8, 4) is 11.5 Å². The molecule has 2 saturated heterocycles. The van der Waals surface area contributed by atoms with Crippen LogP contribution in [0.25, 0.3) is 0 Å². The van der Waals surface area contributed by atoms with Gasteiger partial charge in [-0.25, -0.2) is 14.8 Å². The van der Waals surface area contributed by atoms with Crippen LogP contribution < -0.4 is 14.4 Å². The fourth-order valence-corrected chi connectivity index (χ4v) is 5.75. The number of hydrogen-bond donors (Lipinski definition) is 2. The molecule has 0 amide bonds. The molecule has 3 aliphatic rings. The van der Waals surface area contributed by atoms with Crippen LogP contribution in [0.1, 0.15) is 83.0 Å². The van der Waals surface area contributed by atoms with Gasteiger partial charge in [0.25, 0.3) is 0 Å². The van der Waals surface area contributed by atoms with E-state index in [0.29, 0.717) is 16.9 Å². The number of carboxylic acids is 1. The van der Waals surface area contributed by atoms with Crippen LogP contribution in [0.2, 0.25) is 0 Å². The third-order valence-corrected chi connectivity index (χ3v) is 7.85. The van der Waals surface area contributed by atoms with E-state index in [2.05, 4.69) is 37.8 Å². The minimum Gasteiger partial charge on any atom is -0.478 e. The third-order valence-electron chi connectivity index (χ3n) is 7.29. The topological polar surface area (TPSA) is 90.8 Å². The maximum absolute atomic E-state index is 11.4. The van der Waals surface area contributed by atoms with Crippen LogP contribution in [-0.2, 0) is 20.4 Å². The van der Waals surface area contributed by atoms with Gasteiger partial charge < -0.3 is 27.1 Å². The smallest absolute Gasteiger partial charge is 0.339 e. The van der Waals surface area contributed by atoms with E-state index >= 15 is 0 Å². The Balaban J connectivity index is 0.000000906. The van der Waals surface area contributed by atoms with E-state index < -0.39 is 5.97 Å². The molecular formula is C31H52N5O3ReS-. The summed E-state index contributed by atoms with van der Waals surface area (Å²) in [6.45, 7) is 12.2. The number of anilines is 1. The van der Waals surface area contributed by atoms with E-state index in [0.717, 1.165) is 38.0 Å². The quantitative estimate of drug-likeness (QED) is 0.235. The number of aromatic nitrogens is 2. The van der Waals surface area contributed by atoms with Crippen molar-refractivity contribution in [2.45, 2.75) is 78.7 Å². The van der Waals surface area contributed by atoms with E-state index in [1.807, 2.05) is 27.7 Å². The Morgan fingerprint density at radius 2 is 1.66 bits per heavy atom. The molecule has 5 rings (SSSR count). The number of carboxylic acid groups (broad SMARTS) is 1. The van der Waals surface area contributed by atoms with Crippen LogP contribution in [0.3, 0.4) is 0 Å². The zero-order valence-corrected chi connectivity index (χ0v) is 29.7. The van der Waals surface area contributed by atoms with Crippen LogP contribution in [0.15, 0.2) is 36.8 Å². The Morgan fingerprint density at radius 1 is 1.05 bits per heavy atom. The van der Waals surface area contributed by atoms with Crippen molar-refractivity contribution < 1.29 is 35.1 Å². The van der Waals surface area contributed by atoms with Gasteiger partial charge in [0, 0.05) is 45.0 Å². The first-order valence-corrected chi connectivity index (χ1v) is 15.7. The third kappa shape index (κ3) is 11.8. The first-order chi connectivity index (χ1) is 19.0. The number of aromatic carboxylic acids is 1. The molecule has 0 bridgehead atoms. The van der Waals surface area contributed by atoms with Gasteiger partial charge in [-0.1, -0.05) is 71.0 Å². The number of benzene rings is 1. The Morgan fingerprint density at radius 3 is 2.24 bits per heavy atom. The predicted molar refractivity (Wildman–Crippen MR) is 170 cm³/mol. The van der Waals surface area contributed by atoms with Gasteiger partial charge >= 0.3 is 5.97 Å². The summed E-state index contributed by atoms with van der Waals surface area (Å²) in [4.78, 5) is 24.4. The summed E-state index contributed by atoms with van der Waals surface area (Å²) in [6.07, 6.45) is 14.7. The summed E-state index contributed by atoms with van der Waals surface area (Å²) in [5.74, 6) is 0.493. The zero-order chi connectivity index (χ0) is 28.7. The molecule has 0 unspecified atom stereocenters. The van der Waals surface area contributed by atoms with Gasteiger partial charge in [-0.15, -0.1) is 0 Å². The monoisotopic (exact) mass is 761 g/mol. The summed E-state index contributed by atoms with van der Waals surface area (Å²) in [6, 6.07) is 7.42. The molecule has 8 nitrogen and oxygen atoms in total. The van der Waals surface area contributed by atoms with Gasteiger partial charge in [-0.3, -0.25) is 4.72 Å². The van der Waals surface area contributed by atoms with Crippen molar-refractivity contribution in [1.29, 1.82) is 0 Å². The molecular weight excluding hydrogens is 709 g/mol. The predicted octanol–water partition coefficient (Wildman–Crippen LogP) is 7.19. The zero-order valence-electron chi connectivity index (χ0n) is 26.2. The molecule has 10 heteroatoms. The number of nitrogens with zero attached hydrogens (tertiary/aromatic N) is 4. The molecule has 1 aromatic carbocycles. The number of piperidine rings is 1. The van der Waals surface area contributed by atoms with Gasteiger partial charge in [-0.2, -0.15) is 0 Å². The minimum atomic E-state index is -1.02. The van der Waals surface area contributed by atoms with Crippen molar-refractivity contribution in [3.63, 3.8) is 0 Å². The van der Waals surface area contributed by atoms with Gasteiger partial charge in [0.15, 0.2) is 11.6 Å². The molecule has 41 heavy (non-hydrogen) atoms. The molecule has 1 saturated carbocycles. The number of para-hydroxylation sites is 1. The van der Waals surface area contributed by atoms with Crippen molar-refractivity contribution in [3.05, 3.63) is 49.8 Å². The number of likely N-dealkylation sites (tertiary alicyclic amines) is 1. The first kappa shape index (κ1) is 39.3. The molecule has 0 atom stereocenters. The van der Waals surface area contributed by atoms with Crippen molar-refractivity contribution in [2.75, 3.05) is 44.4 Å². The summed E-state index contributed by atoms with van der Waals surface area (Å²) in [7, 11) is 2.17. The molecule has 1 spiro atoms. The fourth-order valence-electron chi connectivity index (χ4n) is 5.18. The van der Waals surface area contributed by atoms with Crippen molar-refractivity contribution in [1.82, 2.24) is 19.6 Å². The van der Waals surface area contributed by atoms with Crippen molar-refractivity contribution >= 4 is 23.7 Å². The van der Waals surface area contributed by atoms with Crippen LogP contribution in [-0.4, -0.2) is 71.5 Å². The SMILES string of the molecule is CC.CC.CN1CCC2(CC1)CN(c1ncncc1Oc1ccccc1C(=O)O)C2.CSNC1CCCCC1.[CH3-].[Re]. The molecule has 2 N–H and O–H groups in total. The largest absolute Gasteiger partial charge is 0.478 e. The maximum atomic E-state index is 11.4. The second-order valence-electron chi connectivity index (χ2n) is 9.93. The molecule has 1 aromatic heterocycles. The normalized spacial score (nSPS) is 17.4.